The van der Waals surface area contributed by atoms with Crippen LogP contribution in [0.3, 0.4) is 0 Å². The van der Waals surface area contributed by atoms with Gasteiger partial charge in [0.2, 0.25) is 0 Å². The van der Waals surface area contributed by atoms with Crippen molar-refractivity contribution in [3.05, 3.63) is 46.4 Å². The van der Waals surface area contributed by atoms with Gasteiger partial charge in [-0.3, -0.25) is 14.3 Å². The minimum Gasteiger partial charge on any atom is -0.309 e. The second-order valence-corrected chi connectivity index (χ2v) is 7.03. The molecule has 0 radical (unpaired) electrons. The van der Waals surface area contributed by atoms with Crippen molar-refractivity contribution in [1.29, 1.82) is 0 Å². The number of imide groups is 1. The first-order chi connectivity index (χ1) is 12.4. The number of benzene rings is 1. The highest BCUT2D eigenvalue weighted by Gasteiger charge is 2.49. The van der Waals surface area contributed by atoms with E-state index in [4.69, 9.17) is 0 Å². The third-order valence-electron chi connectivity index (χ3n) is 5.62. The molecule has 7 nitrogen and oxygen atoms in total. The lowest BCUT2D eigenvalue weighted by Gasteiger charge is -2.35. The van der Waals surface area contributed by atoms with Gasteiger partial charge in [-0.1, -0.05) is 18.2 Å². The molecule has 1 aromatic heterocycles. The van der Waals surface area contributed by atoms with Crippen molar-refractivity contribution < 1.29 is 9.59 Å². The van der Waals surface area contributed by atoms with Gasteiger partial charge in [-0.25, -0.2) is 14.4 Å². The summed E-state index contributed by atoms with van der Waals surface area (Å²) in [6.45, 7) is 3.50. The topological polar surface area (TPSA) is 67.6 Å². The Morgan fingerprint density at radius 2 is 1.69 bits per heavy atom. The van der Waals surface area contributed by atoms with Crippen LogP contribution in [0.15, 0.2) is 35.1 Å². The predicted octanol–water partition coefficient (Wildman–Crippen LogP) is 2.19. The fraction of sp³-hybridized carbons (Fsp3) is 0.421. The summed E-state index contributed by atoms with van der Waals surface area (Å²) in [4.78, 5) is 41.7. The molecule has 1 aliphatic carbocycles. The molecule has 1 unspecified atom stereocenters. The van der Waals surface area contributed by atoms with E-state index in [0.717, 1.165) is 24.2 Å². The summed E-state index contributed by atoms with van der Waals surface area (Å²) in [5, 5.41) is 0. The molecule has 1 aliphatic heterocycles. The molecule has 1 atom stereocenters. The molecule has 0 spiro atoms. The Labute approximate surface area is 151 Å². The van der Waals surface area contributed by atoms with Gasteiger partial charge in [0.05, 0.1) is 11.4 Å². The van der Waals surface area contributed by atoms with Gasteiger partial charge < -0.3 is 4.90 Å². The number of anilines is 1. The van der Waals surface area contributed by atoms with E-state index in [-0.39, 0.29) is 29.2 Å². The van der Waals surface area contributed by atoms with Crippen LogP contribution in [0.25, 0.3) is 5.69 Å². The lowest BCUT2D eigenvalue weighted by molar-refractivity contribution is -0.119. The van der Waals surface area contributed by atoms with E-state index in [1.165, 1.54) is 4.68 Å². The predicted molar refractivity (Wildman–Crippen MR) is 97.6 cm³/mol. The van der Waals surface area contributed by atoms with Crippen molar-refractivity contribution in [2.24, 2.45) is 7.05 Å². The summed E-state index contributed by atoms with van der Waals surface area (Å²) in [6, 6.07) is 8.40. The second kappa shape index (κ2) is 5.86. The minimum atomic E-state index is -0.531. The normalized spacial score (nSPS) is 20.8. The van der Waals surface area contributed by atoms with Crippen LogP contribution in [-0.2, 0) is 11.8 Å². The van der Waals surface area contributed by atoms with Gasteiger partial charge in [-0.2, -0.15) is 0 Å². The average molecular weight is 354 g/mol. The van der Waals surface area contributed by atoms with Gasteiger partial charge in [-0.05, 0) is 45.2 Å². The third-order valence-corrected chi connectivity index (χ3v) is 5.62. The van der Waals surface area contributed by atoms with Crippen LogP contribution in [0.2, 0.25) is 0 Å². The van der Waals surface area contributed by atoms with Gasteiger partial charge in [0.1, 0.15) is 11.7 Å². The van der Waals surface area contributed by atoms with Crippen LogP contribution in [0.4, 0.5) is 10.5 Å². The first-order valence-corrected chi connectivity index (χ1v) is 8.93. The first kappa shape index (κ1) is 16.6. The molecule has 1 saturated heterocycles. The Hall–Kier alpha value is -2.83. The van der Waals surface area contributed by atoms with Crippen LogP contribution < -0.4 is 10.5 Å². The molecule has 4 rings (SSSR count). The van der Waals surface area contributed by atoms with Crippen molar-refractivity contribution >= 4 is 17.6 Å². The number of carbonyl (C=O) groups is 2. The average Bonchev–Trinajstić information content (AvgIpc) is 2.93. The molecule has 7 heteroatoms. The number of hydrogen-bond acceptors (Lipinski definition) is 3. The molecule has 0 bridgehead atoms. The van der Waals surface area contributed by atoms with Crippen molar-refractivity contribution in [2.45, 2.75) is 45.2 Å². The van der Waals surface area contributed by atoms with E-state index in [2.05, 4.69) is 0 Å². The fourth-order valence-electron chi connectivity index (χ4n) is 3.84. The van der Waals surface area contributed by atoms with Crippen molar-refractivity contribution in [1.82, 2.24) is 14.3 Å². The third kappa shape index (κ3) is 2.16. The summed E-state index contributed by atoms with van der Waals surface area (Å²) in [7, 11) is 1.76. The van der Waals surface area contributed by atoms with Crippen LogP contribution in [0.1, 0.15) is 31.9 Å². The van der Waals surface area contributed by atoms with Crippen LogP contribution in [0.5, 0.6) is 0 Å². The molecule has 1 aromatic carbocycles. The number of rotatable bonds is 3. The standard InChI is InChI=1S/C19H22N4O3/c1-12-16(18(25)23(20(12)3)15-8-5-4-6-9-15)22-17(24)13(2)21(19(22)26)14-10-7-11-14/h4-6,8-9,13-14H,7,10-11H2,1-3H3. The van der Waals surface area contributed by atoms with E-state index in [0.29, 0.717) is 11.4 Å². The maximum atomic E-state index is 13.1. The van der Waals surface area contributed by atoms with Gasteiger partial charge in [0, 0.05) is 13.1 Å². The van der Waals surface area contributed by atoms with Crippen molar-refractivity contribution in [3.8, 4) is 5.69 Å². The van der Waals surface area contributed by atoms with E-state index in [1.54, 1.807) is 30.5 Å². The van der Waals surface area contributed by atoms with Crippen molar-refractivity contribution in [3.63, 3.8) is 0 Å². The zero-order valence-electron chi connectivity index (χ0n) is 15.2. The number of para-hydroxylation sites is 1. The van der Waals surface area contributed by atoms with E-state index < -0.39 is 6.04 Å². The minimum absolute atomic E-state index is 0.104. The van der Waals surface area contributed by atoms with E-state index in [9.17, 15) is 14.4 Å². The zero-order chi connectivity index (χ0) is 18.6. The number of hydrogen-bond donors (Lipinski definition) is 0. The number of nitrogens with zero attached hydrogens (tertiary/aromatic N) is 4. The molecular formula is C19H22N4O3. The molecule has 0 N–H and O–H groups in total. The summed E-state index contributed by atoms with van der Waals surface area (Å²) in [5.74, 6) is -0.326. The maximum absolute atomic E-state index is 13.1. The largest absolute Gasteiger partial charge is 0.332 e. The number of amides is 3. The fourth-order valence-corrected chi connectivity index (χ4v) is 3.84. The Morgan fingerprint density at radius 1 is 1.04 bits per heavy atom. The number of urea groups is 1. The Balaban J connectivity index is 1.83. The van der Waals surface area contributed by atoms with Crippen LogP contribution in [0, 0.1) is 6.92 Å². The maximum Gasteiger partial charge on any atom is 0.332 e. The second-order valence-electron chi connectivity index (χ2n) is 7.03. The SMILES string of the molecule is Cc1c(N2C(=O)C(C)N(C3CCC3)C2=O)c(=O)n(-c2ccccc2)n1C. The molecule has 2 heterocycles. The Morgan fingerprint density at radius 3 is 2.27 bits per heavy atom. The molecule has 2 aliphatic rings. The zero-order valence-corrected chi connectivity index (χ0v) is 15.2. The molecular weight excluding hydrogens is 332 g/mol. The van der Waals surface area contributed by atoms with Crippen LogP contribution in [-0.4, -0.2) is 38.3 Å². The van der Waals surface area contributed by atoms with Gasteiger partial charge >= 0.3 is 6.03 Å². The van der Waals surface area contributed by atoms with Crippen LogP contribution >= 0.6 is 0 Å². The smallest absolute Gasteiger partial charge is 0.309 e. The molecule has 26 heavy (non-hydrogen) atoms. The van der Waals surface area contributed by atoms with Gasteiger partial charge in [0.15, 0.2) is 0 Å². The lowest BCUT2D eigenvalue weighted by Crippen LogP contribution is -2.46. The highest BCUT2D eigenvalue weighted by molar-refractivity contribution is 6.21. The van der Waals surface area contributed by atoms with E-state index in [1.807, 2.05) is 30.3 Å². The molecule has 3 amide bonds. The number of carbonyl (C=O) groups excluding carboxylic acids is 2. The van der Waals surface area contributed by atoms with Crippen molar-refractivity contribution in [2.75, 3.05) is 4.90 Å². The van der Waals surface area contributed by atoms with E-state index >= 15 is 0 Å². The quantitative estimate of drug-likeness (QED) is 0.794. The lowest BCUT2D eigenvalue weighted by atomic mass is 9.91. The Bertz CT molecular complexity index is 940. The number of aromatic nitrogens is 2. The molecule has 2 fully saturated rings. The summed E-state index contributed by atoms with van der Waals surface area (Å²) < 4.78 is 3.17. The monoisotopic (exact) mass is 354 g/mol. The summed E-state index contributed by atoms with van der Waals surface area (Å²) >= 11 is 0. The van der Waals surface area contributed by atoms with Gasteiger partial charge in [0.25, 0.3) is 11.5 Å². The molecule has 2 aromatic rings. The first-order valence-electron chi connectivity index (χ1n) is 8.93. The highest BCUT2D eigenvalue weighted by Crippen LogP contribution is 2.34. The highest BCUT2D eigenvalue weighted by atomic mass is 16.2. The Kier molecular flexibility index (Phi) is 3.75. The summed E-state index contributed by atoms with van der Waals surface area (Å²) in [6.07, 6.45) is 2.90. The molecule has 136 valence electrons. The summed E-state index contributed by atoms with van der Waals surface area (Å²) in [5.41, 5.74) is 1.07. The molecule has 1 saturated carbocycles. The van der Waals surface area contributed by atoms with Gasteiger partial charge in [-0.15, -0.1) is 0 Å².